The normalized spacial score (nSPS) is 11.1. The molecule has 3 nitrogen and oxygen atoms in total. The van der Waals surface area contributed by atoms with Gasteiger partial charge in [0.1, 0.15) is 0 Å². The van der Waals surface area contributed by atoms with Crippen LogP contribution in [0.4, 0.5) is 0 Å². The molecular formula is C15H22BrNO2. The van der Waals surface area contributed by atoms with E-state index in [4.69, 9.17) is 4.74 Å². The van der Waals surface area contributed by atoms with E-state index >= 15 is 0 Å². The van der Waals surface area contributed by atoms with Gasteiger partial charge in [-0.15, -0.1) is 0 Å². The van der Waals surface area contributed by atoms with Crippen molar-refractivity contribution in [2.45, 2.75) is 39.8 Å². The molecule has 0 radical (unpaired) electrons. The largest absolute Gasteiger partial charge is 0.465 e. The van der Waals surface area contributed by atoms with Gasteiger partial charge in [0, 0.05) is 17.1 Å². The maximum atomic E-state index is 11.5. The summed E-state index contributed by atoms with van der Waals surface area (Å²) in [4.78, 5) is 13.9. The molecule has 0 heterocycles. The number of nitrogens with zero attached hydrogens (tertiary/aromatic N) is 1. The molecule has 0 saturated carbocycles. The Morgan fingerprint density at radius 1 is 1.42 bits per heavy atom. The number of carbonyl (C=O) groups is 1. The molecule has 0 amide bonds. The van der Waals surface area contributed by atoms with Crippen LogP contribution in [0.2, 0.25) is 0 Å². The van der Waals surface area contributed by atoms with Crippen molar-refractivity contribution in [1.29, 1.82) is 0 Å². The molecule has 0 spiro atoms. The highest BCUT2D eigenvalue weighted by atomic mass is 79.9. The van der Waals surface area contributed by atoms with Crippen LogP contribution in [0.15, 0.2) is 22.7 Å². The molecule has 0 saturated heterocycles. The first-order valence-electron chi connectivity index (χ1n) is 6.60. The van der Waals surface area contributed by atoms with Gasteiger partial charge in [0.2, 0.25) is 0 Å². The molecule has 0 aliphatic rings. The summed E-state index contributed by atoms with van der Waals surface area (Å²) < 4.78 is 5.67. The van der Waals surface area contributed by atoms with Crippen LogP contribution in [-0.2, 0) is 11.3 Å². The molecule has 1 aromatic carbocycles. The van der Waals surface area contributed by atoms with E-state index in [0.717, 1.165) is 24.0 Å². The average molecular weight is 328 g/mol. The first-order chi connectivity index (χ1) is 8.99. The third-order valence-corrected chi connectivity index (χ3v) is 3.83. The third-order valence-electron chi connectivity index (χ3n) is 3.09. The molecule has 0 fully saturated rings. The summed E-state index contributed by atoms with van der Waals surface area (Å²) in [6.45, 7) is 8.54. The Labute approximate surface area is 124 Å². The lowest BCUT2D eigenvalue weighted by Crippen LogP contribution is -2.31. The molecular weight excluding hydrogens is 306 g/mol. The zero-order valence-corrected chi connectivity index (χ0v) is 13.7. The van der Waals surface area contributed by atoms with Gasteiger partial charge in [-0.05, 0) is 44.5 Å². The number of hydrogen-bond donors (Lipinski definition) is 0. The fraction of sp³-hybridized carbons (Fsp3) is 0.533. The van der Waals surface area contributed by atoms with Gasteiger partial charge in [-0.2, -0.15) is 0 Å². The van der Waals surface area contributed by atoms with Crippen LogP contribution in [0.25, 0.3) is 0 Å². The van der Waals surface area contributed by atoms with Crippen LogP contribution >= 0.6 is 15.9 Å². The van der Waals surface area contributed by atoms with Crippen molar-refractivity contribution in [3.63, 3.8) is 0 Å². The summed E-state index contributed by atoms with van der Waals surface area (Å²) in [7, 11) is 1.39. The second-order valence-corrected chi connectivity index (χ2v) is 5.72. The fourth-order valence-corrected chi connectivity index (χ4v) is 2.45. The lowest BCUT2D eigenvalue weighted by molar-refractivity contribution is 0.0600. The van der Waals surface area contributed by atoms with Gasteiger partial charge in [0.05, 0.1) is 12.7 Å². The molecule has 0 aliphatic heterocycles. The van der Waals surface area contributed by atoms with Crippen molar-refractivity contribution in [3.8, 4) is 0 Å². The van der Waals surface area contributed by atoms with Crippen molar-refractivity contribution >= 4 is 21.9 Å². The molecule has 0 atom stereocenters. The third kappa shape index (κ3) is 4.62. The maximum Gasteiger partial charge on any atom is 0.337 e. The predicted octanol–water partition coefficient (Wildman–Crippen LogP) is 3.86. The highest BCUT2D eigenvalue weighted by molar-refractivity contribution is 9.10. The zero-order valence-electron chi connectivity index (χ0n) is 12.1. The molecule has 106 valence electrons. The number of methoxy groups -OCH3 is 1. The van der Waals surface area contributed by atoms with E-state index in [1.807, 2.05) is 18.2 Å². The molecule has 19 heavy (non-hydrogen) atoms. The second-order valence-electron chi connectivity index (χ2n) is 4.86. The van der Waals surface area contributed by atoms with Gasteiger partial charge in [0.15, 0.2) is 0 Å². The lowest BCUT2D eigenvalue weighted by Gasteiger charge is -2.26. The number of ether oxygens (including phenoxy) is 1. The van der Waals surface area contributed by atoms with E-state index in [-0.39, 0.29) is 5.97 Å². The Hall–Kier alpha value is -0.870. The van der Waals surface area contributed by atoms with Gasteiger partial charge >= 0.3 is 5.97 Å². The van der Waals surface area contributed by atoms with E-state index in [0.29, 0.717) is 11.6 Å². The van der Waals surface area contributed by atoms with Crippen molar-refractivity contribution in [3.05, 3.63) is 33.8 Å². The summed E-state index contributed by atoms with van der Waals surface area (Å²) >= 11 is 3.54. The van der Waals surface area contributed by atoms with Crippen LogP contribution in [0, 0.1) is 0 Å². The lowest BCUT2D eigenvalue weighted by atomic mass is 10.1. The quantitative estimate of drug-likeness (QED) is 0.743. The molecule has 0 aliphatic carbocycles. The Morgan fingerprint density at radius 2 is 2.11 bits per heavy atom. The van der Waals surface area contributed by atoms with Crippen LogP contribution in [0.5, 0.6) is 0 Å². The summed E-state index contributed by atoms with van der Waals surface area (Å²) in [6.07, 6.45) is 1.13. The maximum absolute atomic E-state index is 11.5. The van der Waals surface area contributed by atoms with E-state index in [1.165, 1.54) is 12.7 Å². The molecule has 4 heteroatoms. The number of esters is 1. The molecule has 0 bridgehead atoms. The second kappa shape index (κ2) is 7.65. The van der Waals surface area contributed by atoms with Gasteiger partial charge in [0.25, 0.3) is 0 Å². The summed E-state index contributed by atoms with van der Waals surface area (Å²) in [6, 6.07) is 6.13. The van der Waals surface area contributed by atoms with E-state index in [9.17, 15) is 4.79 Å². The minimum atomic E-state index is -0.304. The number of halogens is 1. The Bertz CT molecular complexity index is 432. The number of carbonyl (C=O) groups excluding carboxylic acids is 1. The van der Waals surface area contributed by atoms with Gasteiger partial charge in [-0.1, -0.05) is 28.9 Å². The minimum absolute atomic E-state index is 0.304. The molecule has 1 aromatic rings. The molecule has 0 N–H and O–H groups in total. The summed E-state index contributed by atoms with van der Waals surface area (Å²) in [5, 5.41) is 0. The Morgan fingerprint density at radius 3 is 2.58 bits per heavy atom. The monoisotopic (exact) mass is 327 g/mol. The van der Waals surface area contributed by atoms with Gasteiger partial charge < -0.3 is 4.74 Å². The Kier molecular flexibility index (Phi) is 6.52. The fourth-order valence-electron chi connectivity index (χ4n) is 1.95. The summed E-state index contributed by atoms with van der Waals surface area (Å²) in [5.74, 6) is -0.304. The van der Waals surface area contributed by atoms with Crippen molar-refractivity contribution in [2.75, 3.05) is 13.7 Å². The predicted molar refractivity (Wildman–Crippen MR) is 81.3 cm³/mol. The van der Waals surface area contributed by atoms with E-state index in [1.54, 1.807) is 0 Å². The summed E-state index contributed by atoms with van der Waals surface area (Å²) in [5.41, 5.74) is 1.76. The smallest absolute Gasteiger partial charge is 0.337 e. The van der Waals surface area contributed by atoms with Crippen LogP contribution in [0.3, 0.4) is 0 Å². The van der Waals surface area contributed by atoms with Gasteiger partial charge in [-0.3, -0.25) is 4.90 Å². The van der Waals surface area contributed by atoms with Crippen LogP contribution < -0.4 is 0 Å². The standard InChI is InChI=1S/C15H22BrNO2/c1-5-8-17(11(2)3)10-13-7-6-12(9-14(13)16)15(18)19-4/h6-7,9,11H,5,8,10H2,1-4H3. The first kappa shape index (κ1) is 16.2. The van der Waals surface area contributed by atoms with Crippen molar-refractivity contribution in [1.82, 2.24) is 4.90 Å². The van der Waals surface area contributed by atoms with Gasteiger partial charge in [-0.25, -0.2) is 4.79 Å². The highest BCUT2D eigenvalue weighted by Crippen LogP contribution is 2.21. The highest BCUT2D eigenvalue weighted by Gasteiger charge is 2.13. The number of benzene rings is 1. The van der Waals surface area contributed by atoms with Crippen molar-refractivity contribution < 1.29 is 9.53 Å². The zero-order chi connectivity index (χ0) is 14.4. The van der Waals surface area contributed by atoms with E-state index < -0.39 is 0 Å². The molecule has 0 unspecified atom stereocenters. The number of hydrogen-bond acceptors (Lipinski definition) is 3. The molecule has 0 aromatic heterocycles. The van der Waals surface area contributed by atoms with Crippen LogP contribution in [-0.4, -0.2) is 30.6 Å². The average Bonchev–Trinajstić information content (AvgIpc) is 2.39. The number of rotatable bonds is 6. The van der Waals surface area contributed by atoms with Crippen molar-refractivity contribution in [2.24, 2.45) is 0 Å². The SMILES string of the molecule is CCCN(Cc1ccc(C(=O)OC)cc1Br)C(C)C. The van der Waals surface area contributed by atoms with E-state index in [2.05, 4.69) is 41.6 Å². The van der Waals surface area contributed by atoms with Crippen LogP contribution in [0.1, 0.15) is 43.1 Å². The topological polar surface area (TPSA) is 29.5 Å². The Balaban J connectivity index is 2.87. The first-order valence-corrected chi connectivity index (χ1v) is 7.39. The molecule has 1 rings (SSSR count). The minimum Gasteiger partial charge on any atom is -0.465 e.